The Balaban J connectivity index is 1.90. The standard InChI is InChI=1S/C19H27ClN2O3S/c1-15-8-4-7-13-22(15)19(23)16-9-10-17(20)18(14-16)26(24,25)21-11-5-2-3-6-12-21/h9-10,14-15H,2-8,11-13H2,1H3/t15-/m1/s1. The lowest BCUT2D eigenvalue weighted by molar-refractivity contribution is 0.0635. The molecule has 1 atom stereocenters. The molecule has 144 valence electrons. The topological polar surface area (TPSA) is 57.7 Å². The van der Waals surface area contributed by atoms with Gasteiger partial charge in [-0.25, -0.2) is 8.42 Å². The van der Waals surface area contributed by atoms with Gasteiger partial charge in [0, 0.05) is 31.2 Å². The van der Waals surface area contributed by atoms with Gasteiger partial charge in [0.25, 0.3) is 5.91 Å². The molecular formula is C19H27ClN2O3S. The van der Waals surface area contributed by atoms with Gasteiger partial charge in [-0.2, -0.15) is 4.31 Å². The average Bonchev–Trinajstić information content (AvgIpc) is 2.92. The molecule has 0 aromatic heterocycles. The highest BCUT2D eigenvalue weighted by molar-refractivity contribution is 7.89. The van der Waals surface area contributed by atoms with Crippen molar-refractivity contribution in [3.8, 4) is 0 Å². The Morgan fingerprint density at radius 1 is 1.04 bits per heavy atom. The molecule has 2 aliphatic rings. The number of amides is 1. The molecule has 0 saturated carbocycles. The van der Waals surface area contributed by atoms with E-state index >= 15 is 0 Å². The predicted molar refractivity (Wildman–Crippen MR) is 103 cm³/mol. The molecule has 2 fully saturated rings. The molecule has 0 unspecified atom stereocenters. The van der Waals surface area contributed by atoms with Gasteiger partial charge in [-0.1, -0.05) is 24.4 Å². The van der Waals surface area contributed by atoms with Crippen molar-refractivity contribution >= 4 is 27.5 Å². The minimum atomic E-state index is -3.69. The Morgan fingerprint density at radius 2 is 1.69 bits per heavy atom. The van der Waals surface area contributed by atoms with Gasteiger partial charge in [-0.15, -0.1) is 0 Å². The zero-order chi connectivity index (χ0) is 18.7. The van der Waals surface area contributed by atoms with Crippen LogP contribution in [0.5, 0.6) is 0 Å². The molecule has 0 N–H and O–H groups in total. The first kappa shape index (κ1) is 19.6. The number of piperidine rings is 1. The Kier molecular flexibility index (Phi) is 6.25. The maximum Gasteiger partial charge on any atom is 0.254 e. The van der Waals surface area contributed by atoms with Crippen molar-refractivity contribution in [1.29, 1.82) is 0 Å². The van der Waals surface area contributed by atoms with Crippen molar-refractivity contribution in [3.63, 3.8) is 0 Å². The van der Waals surface area contributed by atoms with Crippen molar-refractivity contribution in [1.82, 2.24) is 9.21 Å². The number of hydrogen-bond donors (Lipinski definition) is 0. The van der Waals surface area contributed by atoms with E-state index in [-0.39, 0.29) is 21.9 Å². The van der Waals surface area contributed by atoms with Gasteiger partial charge in [0.1, 0.15) is 4.90 Å². The van der Waals surface area contributed by atoms with Crippen LogP contribution in [0.4, 0.5) is 0 Å². The van der Waals surface area contributed by atoms with Crippen LogP contribution in [0.25, 0.3) is 0 Å². The molecule has 26 heavy (non-hydrogen) atoms. The third-order valence-corrected chi connectivity index (χ3v) is 7.81. The first-order chi connectivity index (χ1) is 12.4. The monoisotopic (exact) mass is 398 g/mol. The number of benzene rings is 1. The Morgan fingerprint density at radius 3 is 2.35 bits per heavy atom. The SMILES string of the molecule is C[C@@H]1CCCCN1C(=O)c1ccc(Cl)c(S(=O)(=O)N2CCCCCC2)c1. The van der Waals surface area contributed by atoms with E-state index in [1.54, 1.807) is 6.07 Å². The molecule has 2 aliphatic heterocycles. The smallest absolute Gasteiger partial charge is 0.254 e. The summed E-state index contributed by atoms with van der Waals surface area (Å²) in [7, 11) is -3.69. The van der Waals surface area contributed by atoms with Gasteiger partial charge in [0.05, 0.1) is 5.02 Å². The molecule has 0 radical (unpaired) electrons. The van der Waals surface area contributed by atoms with Crippen LogP contribution in [-0.2, 0) is 10.0 Å². The highest BCUT2D eigenvalue weighted by Gasteiger charge is 2.30. The van der Waals surface area contributed by atoms with E-state index in [1.165, 1.54) is 16.4 Å². The quantitative estimate of drug-likeness (QED) is 0.775. The van der Waals surface area contributed by atoms with Crippen molar-refractivity contribution in [2.45, 2.75) is 62.8 Å². The molecule has 0 spiro atoms. The highest BCUT2D eigenvalue weighted by atomic mass is 35.5. The molecule has 2 saturated heterocycles. The largest absolute Gasteiger partial charge is 0.336 e. The maximum absolute atomic E-state index is 13.1. The van der Waals surface area contributed by atoms with Gasteiger partial charge in [0.15, 0.2) is 0 Å². The minimum absolute atomic E-state index is 0.0524. The second kappa shape index (κ2) is 8.28. The van der Waals surface area contributed by atoms with Crippen molar-refractivity contribution < 1.29 is 13.2 Å². The summed E-state index contributed by atoms with van der Waals surface area (Å²) in [5.74, 6) is -0.110. The lowest BCUT2D eigenvalue weighted by atomic mass is 10.0. The molecule has 0 bridgehead atoms. The summed E-state index contributed by atoms with van der Waals surface area (Å²) in [4.78, 5) is 14.8. The third kappa shape index (κ3) is 4.07. The van der Waals surface area contributed by atoms with E-state index < -0.39 is 10.0 Å². The summed E-state index contributed by atoms with van der Waals surface area (Å²) in [6.07, 6.45) is 6.92. The van der Waals surface area contributed by atoms with Crippen LogP contribution in [0.2, 0.25) is 5.02 Å². The number of hydrogen-bond acceptors (Lipinski definition) is 3. The predicted octanol–water partition coefficient (Wildman–Crippen LogP) is 3.92. The van der Waals surface area contributed by atoms with E-state index in [9.17, 15) is 13.2 Å². The summed E-state index contributed by atoms with van der Waals surface area (Å²) in [5.41, 5.74) is 0.400. The molecule has 7 heteroatoms. The summed E-state index contributed by atoms with van der Waals surface area (Å²) in [6.45, 7) is 3.79. The second-order valence-corrected chi connectivity index (χ2v) is 9.62. The van der Waals surface area contributed by atoms with E-state index in [0.717, 1.165) is 51.5 Å². The number of halogens is 1. The van der Waals surface area contributed by atoms with Crippen LogP contribution in [-0.4, -0.2) is 49.2 Å². The van der Waals surface area contributed by atoms with Crippen molar-refractivity contribution in [3.05, 3.63) is 28.8 Å². The van der Waals surface area contributed by atoms with Gasteiger partial charge in [-0.05, 0) is 57.2 Å². The fourth-order valence-electron chi connectivity index (χ4n) is 3.82. The fourth-order valence-corrected chi connectivity index (χ4v) is 5.84. The lowest BCUT2D eigenvalue weighted by Crippen LogP contribution is -2.42. The van der Waals surface area contributed by atoms with E-state index in [1.807, 2.05) is 11.8 Å². The summed E-state index contributed by atoms with van der Waals surface area (Å²) >= 11 is 6.23. The Hall–Kier alpha value is -1.11. The molecule has 1 aromatic carbocycles. The average molecular weight is 399 g/mol. The second-order valence-electron chi connectivity index (χ2n) is 7.31. The van der Waals surface area contributed by atoms with Crippen LogP contribution in [0, 0.1) is 0 Å². The molecule has 3 rings (SSSR count). The van der Waals surface area contributed by atoms with Crippen LogP contribution < -0.4 is 0 Å². The van der Waals surface area contributed by atoms with Crippen molar-refractivity contribution in [2.24, 2.45) is 0 Å². The number of nitrogens with zero attached hydrogens (tertiary/aromatic N) is 2. The van der Waals surface area contributed by atoms with E-state index in [2.05, 4.69) is 0 Å². The molecular weight excluding hydrogens is 372 g/mol. The first-order valence-electron chi connectivity index (χ1n) is 9.52. The molecule has 2 heterocycles. The molecule has 1 amide bonds. The zero-order valence-electron chi connectivity index (χ0n) is 15.3. The van der Waals surface area contributed by atoms with Crippen LogP contribution in [0.3, 0.4) is 0 Å². The van der Waals surface area contributed by atoms with Crippen LogP contribution in [0.1, 0.15) is 62.2 Å². The number of rotatable bonds is 3. The number of carbonyl (C=O) groups is 1. The lowest BCUT2D eigenvalue weighted by Gasteiger charge is -2.33. The zero-order valence-corrected chi connectivity index (χ0v) is 16.9. The molecule has 0 aliphatic carbocycles. The molecule has 5 nitrogen and oxygen atoms in total. The van der Waals surface area contributed by atoms with Crippen LogP contribution in [0.15, 0.2) is 23.1 Å². The van der Waals surface area contributed by atoms with Crippen LogP contribution >= 0.6 is 11.6 Å². The van der Waals surface area contributed by atoms with Gasteiger partial charge < -0.3 is 4.90 Å². The third-order valence-electron chi connectivity index (χ3n) is 5.42. The molecule has 1 aromatic rings. The Labute approximate surface area is 161 Å². The number of sulfonamides is 1. The highest BCUT2D eigenvalue weighted by Crippen LogP contribution is 2.29. The van der Waals surface area contributed by atoms with Gasteiger partial charge in [-0.3, -0.25) is 4.79 Å². The first-order valence-corrected chi connectivity index (χ1v) is 11.3. The van der Waals surface area contributed by atoms with E-state index in [4.69, 9.17) is 11.6 Å². The van der Waals surface area contributed by atoms with E-state index in [0.29, 0.717) is 18.7 Å². The summed E-state index contributed by atoms with van der Waals surface area (Å²) in [5, 5.41) is 0.178. The Bertz CT molecular complexity index is 758. The van der Waals surface area contributed by atoms with Crippen molar-refractivity contribution in [2.75, 3.05) is 19.6 Å². The van der Waals surface area contributed by atoms with Gasteiger partial charge >= 0.3 is 0 Å². The van der Waals surface area contributed by atoms with Gasteiger partial charge in [0.2, 0.25) is 10.0 Å². The number of likely N-dealkylation sites (tertiary alicyclic amines) is 1. The minimum Gasteiger partial charge on any atom is -0.336 e. The number of carbonyl (C=O) groups excluding carboxylic acids is 1. The normalized spacial score (nSPS) is 22.8. The summed E-state index contributed by atoms with van der Waals surface area (Å²) < 4.78 is 27.7. The summed E-state index contributed by atoms with van der Waals surface area (Å²) in [6, 6.07) is 4.81. The fraction of sp³-hybridized carbons (Fsp3) is 0.632. The maximum atomic E-state index is 13.1.